The zero-order valence-electron chi connectivity index (χ0n) is 11.4. The number of hydrogen-bond acceptors (Lipinski definition) is 7. The zero-order chi connectivity index (χ0) is 13.9. The quantitative estimate of drug-likeness (QED) is 0.454. The third-order valence-corrected chi connectivity index (χ3v) is 3.72. The maximum atomic E-state index is 11.6. The Labute approximate surface area is 116 Å². The molecule has 0 spiro atoms. The first-order valence-electron chi connectivity index (χ1n) is 5.35. The highest BCUT2D eigenvalue weighted by atomic mass is 32.2. The monoisotopic (exact) mass is 290 g/mol. The van der Waals surface area contributed by atoms with Crippen LogP contribution >= 0.6 is 23.9 Å². The summed E-state index contributed by atoms with van der Waals surface area (Å²) >= 11 is 2.71. The Morgan fingerprint density at radius 3 is 2.50 bits per heavy atom. The molecule has 1 aliphatic heterocycles. The van der Waals surface area contributed by atoms with Crippen molar-refractivity contribution >= 4 is 40.7 Å². The maximum absolute atomic E-state index is 11.6. The molecular weight excluding hydrogens is 272 g/mol. The first-order chi connectivity index (χ1) is 8.21. The molecule has 1 rings (SSSR count). The van der Waals surface area contributed by atoms with Crippen LogP contribution in [0.1, 0.15) is 20.8 Å². The number of oxime groups is 1. The molecule has 0 fully saturated rings. The van der Waals surface area contributed by atoms with Gasteiger partial charge in [0.2, 0.25) is 0 Å². The minimum absolute atomic E-state index is 0.236. The minimum Gasteiger partial charge on any atom is -0.296 e. The highest BCUT2D eigenvalue weighted by Crippen LogP contribution is 2.33. The van der Waals surface area contributed by atoms with Gasteiger partial charge < -0.3 is 0 Å². The van der Waals surface area contributed by atoms with Crippen LogP contribution in [0.2, 0.25) is 0 Å². The molecule has 0 bridgehead atoms. The van der Waals surface area contributed by atoms with Crippen LogP contribution in [0.5, 0.6) is 0 Å². The molecule has 1 amide bonds. The summed E-state index contributed by atoms with van der Waals surface area (Å²) in [5.74, 6) is 0. The summed E-state index contributed by atoms with van der Waals surface area (Å²) in [5, 5.41) is 4.50. The van der Waals surface area contributed by atoms with Crippen LogP contribution in [-0.4, -0.2) is 51.5 Å². The van der Waals surface area contributed by atoms with Crippen molar-refractivity contribution in [1.82, 2.24) is 8.61 Å². The molecule has 0 aromatic rings. The lowest BCUT2D eigenvalue weighted by Gasteiger charge is -2.16. The second-order valence-corrected chi connectivity index (χ2v) is 7.42. The second kappa shape index (κ2) is 5.94. The maximum Gasteiger partial charge on any atom is 0.446 e. The Bertz CT molecular complexity index is 393. The molecule has 0 radical (unpaired) electrons. The molecule has 0 unspecified atom stereocenters. The van der Waals surface area contributed by atoms with Crippen molar-refractivity contribution in [1.29, 1.82) is 0 Å². The number of hydrogen-bond donors (Lipinski definition) is 0. The molecule has 18 heavy (non-hydrogen) atoms. The average Bonchev–Trinajstić information content (AvgIpc) is 2.47. The lowest BCUT2D eigenvalue weighted by Crippen LogP contribution is -2.23. The van der Waals surface area contributed by atoms with Crippen LogP contribution in [0.4, 0.5) is 4.79 Å². The fourth-order valence-corrected chi connectivity index (χ4v) is 2.80. The van der Waals surface area contributed by atoms with Crippen LogP contribution in [0.25, 0.3) is 0 Å². The number of nitrogens with zero attached hydrogens (tertiary/aromatic N) is 4. The topological polar surface area (TPSA) is 57.5 Å². The molecule has 8 heteroatoms. The van der Waals surface area contributed by atoms with Crippen LogP contribution in [0.15, 0.2) is 10.1 Å². The van der Waals surface area contributed by atoms with Gasteiger partial charge in [0, 0.05) is 19.2 Å². The summed E-state index contributed by atoms with van der Waals surface area (Å²) < 4.78 is 3.15. The summed E-state index contributed by atoms with van der Waals surface area (Å²) in [4.78, 5) is 20.6. The van der Waals surface area contributed by atoms with E-state index in [1.165, 1.54) is 28.2 Å². The standard InChI is InChI=1S/C10H18N4O2S2/c1-7-8(17-10(2,3)11-7)12-16-9(15)14(6)18-13(4)5/h1-6H3. The van der Waals surface area contributed by atoms with E-state index in [1.807, 2.05) is 34.9 Å². The fraction of sp³-hybridized carbons (Fsp3) is 0.700. The SMILES string of the molecule is CC1=NC(C)(C)SC1=NOC(=O)N(C)SN(C)C. The van der Waals surface area contributed by atoms with E-state index in [1.54, 1.807) is 11.4 Å². The number of aliphatic imine (C=N–C) groups is 1. The van der Waals surface area contributed by atoms with E-state index in [0.717, 1.165) is 5.71 Å². The third-order valence-electron chi connectivity index (χ3n) is 1.84. The molecule has 0 N–H and O–H groups in total. The summed E-state index contributed by atoms with van der Waals surface area (Å²) in [7, 11) is 5.30. The predicted molar refractivity (Wildman–Crippen MR) is 77.7 cm³/mol. The lowest BCUT2D eigenvalue weighted by molar-refractivity contribution is 0.137. The van der Waals surface area contributed by atoms with E-state index in [4.69, 9.17) is 4.84 Å². The van der Waals surface area contributed by atoms with Crippen molar-refractivity contribution in [3.05, 3.63) is 0 Å². The summed E-state index contributed by atoms with van der Waals surface area (Å²) in [6.45, 7) is 5.83. The molecule has 0 atom stereocenters. The van der Waals surface area contributed by atoms with Crippen LogP contribution in [-0.2, 0) is 4.84 Å². The average molecular weight is 290 g/mol. The highest BCUT2D eigenvalue weighted by Gasteiger charge is 2.30. The molecule has 0 saturated heterocycles. The second-order valence-electron chi connectivity index (χ2n) is 4.39. The Hall–Kier alpha value is -0.730. The number of carbonyl (C=O) groups excluding carboxylic acids is 1. The van der Waals surface area contributed by atoms with E-state index in [-0.39, 0.29) is 4.87 Å². The Morgan fingerprint density at radius 2 is 2.06 bits per heavy atom. The van der Waals surface area contributed by atoms with E-state index in [2.05, 4.69) is 10.1 Å². The van der Waals surface area contributed by atoms with Gasteiger partial charge in [-0.25, -0.2) is 13.4 Å². The molecule has 0 saturated carbocycles. The normalized spacial score (nSPS) is 20.2. The van der Waals surface area contributed by atoms with Gasteiger partial charge in [0.15, 0.2) is 5.04 Å². The van der Waals surface area contributed by atoms with Gasteiger partial charge in [-0.2, -0.15) is 0 Å². The van der Waals surface area contributed by atoms with E-state index >= 15 is 0 Å². The number of thioether (sulfide) groups is 1. The van der Waals surface area contributed by atoms with Gasteiger partial charge in [-0.3, -0.25) is 9.83 Å². The highest BCUT2D eigenvalue weighted by molar-refractivity contribution is 8.17. The van der Waals surface area contributed by atoms with Crippen LogP contribution in [0.3, 0.4) is 0 Å². The van der Waals surface area contributed by atoms with Crippen LogP contribution < -0.4 is 0 Å². The molecule has 6 nitrogen and oxygen atoms in total. The van der Waals surface area contributed by atoms with E-state index in [9.17, 15) is 4.79 Å². The number of rotatable bonds is 3. The first kappa shape index (κ1) is 15.3. The lowest BCUT2D eigenvalue weighted by atomic mass is 10.4. The van der Waals surface area contributed by atoms with Crippen molar-refractivity contribution in [2.75, 3.05) is 21.1 Å². The molecule has 1 heterocycles. The van der Waals surface area contributed by atoms with Crippen molar-refractivity contribution in [3.63, 3.8) is 0 Å². The summed E-state index contributed by atoms with van der Waals surface area (Å²) in [6.07, 6.45) is -0.515. The van der Waals surface area contributed by atoms with Gasteiger partial charge >= 0.3 is 6.09 Å². The third kappa shape index (κ3) is 4.51. The Morgan fingerprint density at radius 1 is 1.44 bits per heavy atom. The predicted octanol–water partition coefficient (Wildman–Crippen LogP) is 2.44. The molecular formula is C10H18N4O2S2. The number of amides is 1. The van der Waals surface area contributed by atoms with Crippen LogP contribution in [0, 0.1) is 0 Å². The smallest absolute Gasteiger partial charge is 0.296 e. The van der Waals surface area contributed by atoms with Gasteiger partial charge in [0.1, 0.15) is 4.87 Å². The van der Waals surface area contributed by atoms with E-state index < -0.39 is 6.09 Å². The minimum atomic E-state index is -0.515. The van der Waals surface area contributed by atoms with Gasteiger partial charge in [-0.1, -0.05) is 16.9 Å². The zero-order valence-corrected chi connectivity index (χ0v) is 13.1. The van der Waals surface area contributed by atoms with Gasteiger partial charge in [0.05, 0.1) is 5.71 Å². The van der Waals surface area contributed by atoms with Gasteiger partial charge in [-0.05, 0) is 34.9 Å². The molecule has 102 valence electrons. The van der Waals surface area contributed by atoms with Gasteiger partial charge in [-0.15, -0.1) is 0 Å². The molecule has 0 aromatic carbocycles. The summed E-state index contributed by atoms with van der Waals surface area (Å²) in [6, 6.07) is 0. The number of carbonyl (C=O) groups is 1. The van der Waals surface area contributed by atoms with E-state index in [0.29, 0.717) is 5.04 Å². The van der Waals surface area contributed by atoms with Crippen molar-refractivity contribution < 1.29 is 9.63 Å². The first-order valence-corrected chi connectivity index (χ1v) is 6.90. The van der Waals surface area contributed by atoms with Crippen molar-refractivity contribution in [2.45, 2.75) is 25.6 Å². The molecule has 0 aromatic heterocycles. The Balaban J connectivity index is 2.56. The molecule has 0 aliphatic carbocycles. The van der Waals surface area contributed by atoms with Crippen molar-refractivity contribution in [3.8, 4) is 0 Å². The molecule has 1 aliphatic rings. The fourth-order valence-electron chi connectivity index (χ4n) is 1.29. The van der Waals surface area contributed by atoms with Gasteiger partial charge in [0.25, 0.3) is 0 Å². The Kier molecular flexibility index (Phi) is 5.06. The largest absolute Gasteiger partial charge is 0.446 e. The summed E-state index contributed by atoms with van der Waals surface area (Å²) in [5.41, 5.74) is 0.792. The van der Waals surface area contributed by atoms with Crippen molar-refractivity contribution in [2.24, 2.45) is 10.1 Å².